The fourth-order valence-corrected chi connectivity index (χ4v) is 4.10. The number of hydrogen-bond donors (Lipinski definition) is 1. The quantitative estimate of drug-likeness (QED) is 0.862. The summed E-state index contributed by atoms with van der Waals surface area (Å²) in [5.74, 6) is 1.21. The summed E-state index contributed by atoms with van der Waals surface area (Å²) < 4.78 is 6.02. The molecule has 2 N–H and O–H groups in total. The second kappa shape index (κ2) is 9.44. The summed E-state index contributed by atoms with van der Waals surface area (Å²) in [5, 5.41) is 0. The van der Waals surface area contributed by atoms with Crippen LogP contribution in [-0.2, 0) is 4.79 Å². The molecular weight excluding hydrogens is 336 g/mol. The lowest BCUT2D eigenvalue weighted by atomic mass is 9.71. The normalized spacial score (nSPS) is 20.6. The number of carbonyl (C=O) groups is 1. The minimum Gasteiger partial charge on any atom is -0.490 e. The van der Waals surface area contributed by atoms with Gasteiger partial charge in [0.1, 0.15) is 11.9 Å². The summed E-state index contributed by atoms with van der Waals surface area (Å²) in [5.41, 5.74) is 6.10. The molecule has 0 atom stereocenters. The Hall–Kier alpha value is -1.26. The molecule has 1 amide bonds. The van der Waals surface area contributed by atoms with E-state index in [9.17, 15) is 4.79 Å². The van der Waals surface area contributed by atoms with Gasteiger partial charge in [-0.05, 0) is 36.9 Å². The van der Waals surface area contributed by atoms with E-state index in [0.29, 0.717) is 18.9 Å². The number of carbonyl (C=O) groups excluding carboxylic acids is 1. The van der Waals surface area contributed by atoms with Gasteiger partial charge in [-0.15, -0.1) is 12.4 Å². The Morgan fingerprint density at radius 1 is 1.12 bits per heavy atom. The molecular formula is C20H31ClN2O2. The third kappa shape index (κ3) is 5.35. The van der Waals surface area contributed by atoms with E-state index in [2.05, 4.69) is 0 Å². The molecule has 5 heteroatoms. The molecule has 1 heterocycles. The topological polar surface area (TPSA) is 55.6 Å². The number of ether oxygens (including phenoxy) is 1. The molecule has 2 aliphatic rings. The van der Waals surface area contributed by atoms with Gasteiger partial charge in [0.25, 0.3) is 0 Å². The van der Waals surface area contributed by atoms with Crippen LogP contribution >= 0.6 is 12.4 Å². The molecule has 2 fully saturated rings. The van der Waals surface area contributed by atoms with Crippen molar-refractivity contribution in [3.05, 3.63) is 30.3 Å². The van der Waals surface area contributed by atoms with Gasteiger partial charge >= 0.3 is 0 Å². The highest BCUT2D eigenvalue weighted by Gasteiger charge is 2.35. The minimum atomic E-state index is 0. The Morgan fingerprint density at radius 2 is 1.76 bits per heavy atom. The van der Waals surface area contributed by atoms with Crippen LogP contribution in [0.3, 0.4) is 0 Å². The molecule has 1 aromatic carbocycles. The fourth-order valence-electron chi connectivity index (χ4n) is 4.10. The highest BCUT2D eigenvalue weighted by Crippen LogP contribution is 2.39. The molecule has 25 heavy (non-hydrogen) atoms. The van der Waals surface area contributed by atoms with Gasteiger partial charge in [0.2, 0.25) is 5.91 Å². The molecule has 0 spiro atoms. The summed E-state index contributed by atoms with van der Waals surface area (Å²) in [6.07, 6.45) is 8.63. The number of nitrogens with zero attached hydrogens (tertiary/aromatic N) is 1. The van der Waals surface area contributed by atoms with Crippen molar-refractivity contribution in [2.24, 2.45) is 11.1 Å². The van der Waals surface area contributed by atoms with Gasteiger partial charge in [0.15, 0.2) is 0 Å². The lowest BCUT2D eigenvalue weighted by molar-refractivity contribution is -0.136. The van der Waals surface area contributed by atoms with E-state index in [-0.39, 0.29) is 23.9 Å². The molecule has 0 radical (unpaired) electrons. The maximum atomic E-state index is 12.7. The van der Waals surface area contributed by atoms with Gasteiger partial charge in [-0.2, -0.15) is 0 Å². The molecule has 1 saturated carbocycles. The summed E-state index contributed by atoms with van der Waals surface area (Å²) >= 11 is 0. The van der Waals surface area contributed by atoms with Gasteiger partial charge in [-0.3, -0.25) is 4.79 Å². The summed E-state index contributed by atoms with van der Waals surface area (Å²) in [7, 11) is 0. The molecule has 4 nitrogen and oxygen atoms in total. The predicted molar refractivity (Wildman–Crippen MR) is 103 cm³/mol. The molecule has 1 aliphatic heterocycles. The highest BCUT2D eigenvalue weighted by atomic mass is 35.5. The zero-order chi connectivity index (χ0) is 16.8. The molecule has 0 bridgehead atoms. The maximum Gasteiger partial charge on any atom is 0.223 e. The van der Waals surface area contributed by atoms with E-state index in [1.54, 1.807) is 0 Å². The van der Waals surface area contributed by atoms with Crippen molar-refractivity contribution in [3.8, 4) is 5.75 Å². The van der Waals surface area contributed by atoms with Crippen LogP contribution in [0.25, 0.3) is 0 Å². The van der Waals surface area contributed by atoms with Crippen molar-refractivity contribution in [2.75, 3.05) is 19.6 Å². The molecule has 1 aliphatic carbocycles. The summed E-state index contributed by atoms with van der Waals surface area (Å²) in [4.78, 5) is 14.7. The number of piperidine rings is 1. The first-order valence-electron chi connectivity index (χ1n) is 9.40. The molecule has 1 aromatic rings. The fraction of sp³-hybridized carbons (Fsp3) is 0.650. The van der Waals surface area contributed by atoms with Crippen molar-refractivity contribution >= 4 is 18.3 Å². The Bertz CT molecular complexity index is 524. The minimum absolute atomic E-state index is 0. The lowest BCUT2D eigenvalue weighted by Crippen LogP contribution is -2.45. The van der Waals surface area contributed by atoms with Crippen molar-refractivity contribution in [2.45, 2.75) is 57.5 Å². The summed E-state index contributed by atoms with van der Waals surface area (Å²) in [6, 6.07) is 9.96. The number of nitrogens with two attached hydrogens (primary N) is 1. The SMILES string of the molecule is Cl.NCC1(CC(=O)N2CCC(Oc3ccccc3)CC2)CCCCC1. The first kappa shape index (κ1) is 20.1. The third-order valence-electron chi connectivity index (χ3n) is 5.71. The van der Waals surface area contributed by atoms with Crippen molar-refractivity contribution in [1.29, 1.82) is 0 Å². The first-order valence-corrected chi connectivity index (χ1v) is 9.40. The predicted octanol–water partition coefficient (Wildman–Crippen LogP) is 3.78. The summed E-state index contributed by atoms with van der Waals surface area (Å²) in [6.45, 7) is 2.25. The van der Waals surface area contributed by atoms with Crippen LogP contribution < -0.4 is 10.5 Å². The standard InChI is InChI=1S/C20H30N2O2.ClH/c21-16-20(11-5-2-6-12-20)15-19(23)22-13-9-18(10-14-22)24-17-7-3-1-4-8-17;/h1,3-4,7-8,18H,2,5-6,9-16,21H2;1H. The van der Waals surface area contributed by atoms with Crippen LogP contribution in [0.15, 0.2) is 30.3 Å². The molecule has 140 valence electrons. The van der Waals surface area contributed by atoms with Crippen LogP contribution in [0.5, 0.6) is 5.75 Å². The monoisotopic (exact) mass is 366 g/mol. The Labute approximate surface area is 157 Å². The zero-order valence-corrected chi connectivity index (χ0v) is 15.8. The van der Waals surface area contributed by atoms with Gasteiger partial charge in [-0.25, -0.2) is 0 Å². The molecule has 1 saturated heterocycles. The smallest absolute Gasteiger partial charge is 0.223 e. The number of benzene rings is 1. The van der Waals surface area contributed by atoms with Crippen LogP contribution in [0, 0.1) is 5.41 Å². The average molecular weight is 367 g/mol. The highest BCUT2D eigenvalue weighted by molar-refractivity contribution is 5.85. The average Bonchev–Trinajstić information content (AvgIpc) is 2.64. The number of rotatable bonds is 5. The maximum absolute atomic E-state index is 12.7. The van der Waals surface area contributed by atoms with Gasteiger partial charge in [-0.1, -0.05) is 37.5 Å². The van der Waals surface area contributed by atoms with Crippen molar-refractivity contribution < 1.29 is 9.53 Å². The second-order valence-electron chi connectivity index (χ2n) is 7.45. The van der Waals surface area contributed by atoms with E-state index in [4.69, 9.17) is 10.5 Å². The largest absolute Gasteiger partial charge is 0.490 e. The van der Waals surface area contributed by atoms with Crippen molar-refractivity contribution in [1.82, 2.24) is 4.90 Å². The van der Waals surface area contributed by atoms with Crippen LogP contribution in [0.4, 0.5) is 0 Å². The van der Waals surface area contributed by atoms with E-state index in [0.717, 1.165) is 44.5 Å². The van der Waals surface area contributed by atoms with E-state index < -0.39 is 0 Å². The second-order valence-corrected chi connectivity index (χ2v) is 7.45. The number of para-hydroxylation sites is 1. The van der Waals surface area contributed by atoms with Gasteiger partial charge in [0, 0.05) is 32.4 Å². The van der Waals surface area contributed by atoms with Gasteiger partial charge < -0.3 is 15.4 Å². The Morgan fingerprint density at radius 3 is 2.36 bits per heavy atom. The van der Waals surface area contributed by atoms with E-state index in [1.807, 2.05) is 35.2 Å². The number of likely N-dealkylation sites (tertiary alicyclic amines) is 1. The van der Waals surface area contributed by atoms with Crippen LogP contribution in [0.2, 0.25) is 0 Å². The third-order valence-corrected chi connectivity index (χ3v) is 5.71. The number of halogens is 1. The van der Waals surface area contributed by atoms with Crippen LogP contribution in [0.1, 0.15) is 51.4 Å². The molecule has 0 unspecified atom stereocenters. The first-order chi connectivity index (χ1) is 11.7. The lowest BCUT2D eigenvalue weighted by Gasteiger charge is -2.39. The molecule has 0 aromatic heterocycles. The van der Waals surface area contributed by atoms with Gasteiger partial charge in [0.05, 0.1) is 0 Å². The zero-order valence-electron chi connectivity index (χ0n) is 15.0. The molecule has 3 rings (SSSR count). The van der Waals surface area contributed by atoms with E-state index in [1.165, 1.54) is 19.3 Å². The Balaban J connectivity index is 0.00000225. The number of hydrogen-bond acceptors (Lipinski definition) is 3. The van der Waals surface area contributed by atoms with E-state index >= 15 is 0 Å². The van der Waals surface area contributed by atoms with Crippen molar-refractivity contribution in [3.63, 3.8) is 0 Å². The number of amides is 1. The Kier molecular flexibility index (Phi) is 7.57. The van der Waals surface area contributed by atoms with Crippen LogP contribution in [-0.4, -0.2) is 36.5 Å².